The molecule has 3 N–H and O–H groups in total. The molecule has 0 aliphatic rings. The summed E-state index contributed by atoms with van der Waals surface area (Å²) in [7, 11) is 0. The fourth-order valence-corrected chi connectivity index (χ4v) is 0.769. The molecule has 0 aliphatic carbocycles. The van der Waals surface area contributed by atoms with Crippen LogP contribution < -0.4 is 10.6 Å². The van der Waals surface area contributed by atoms with Gasteiger partial charge in [0.25, 0.3) is 0 Å². The zero-order valence-corrected chi connectivity index (χ0v) is 7.96. The lowest BCUT2D eigenvalue weighted by Crippen LogP contribution is -2.45. The molecule has 0 radical (unpaired) electrons. The van der Waals surface area contributed by atoms with Crippen LogP contribution in [0, 0.1) is 0 Å². The van der Waals surface area contributed by atoms with Crippen LogP contribution in [-0.4, -0.2) is 36.1 Å². The van der Waals surface area contributed by atoms with Crippen LogP contribution in [0.5, 0.6) is 0 Å². The van der Waals surface area contributed by atoms with E-state index in [1.165, 1.54) is 0 Å². The molecule has 0 fully saturated rings. The number of carbonyl (C=O) groups excluding carboxylic acids is 2. The highest BCUT2D eigenvalue weighted by molar-refractivity contribution is 6.35. The van der Waals surface area contributed by atoms with Gasteiger partial charge in [-0.1, -0.05) is 6.92 Å². The largest absolute Gasteiger partial charge is 0.394 e. The van der Waals surface area contributed by atoms with Crippen molar-refractivity contribution in [2.75, 3.05) is 13.2 Å². The second-order valence-corrected chi connectivity index (χ2v) is 2.62. The Morgan fingerprint density at radius 2 is 1.92 bits per heavy atom. The summed E-state index contributed by atoms with van der Waals surface area (Å²) in [5.74, 6) is -1.35. The summed E-state index contributed by atoms with van der Waals surface area (Å²) in [6.07, 6.45) is 0.599. The first-order chi connectivity index (χ1) is 6.15. The van der Waals surface area contributed by atoms with Gasteiger partial charge < -0.3 is 15.7 Å². The molecule has 0 bridgehead atoms. The quantitative estimate of drug-likeness (QED) is 0.496. The van der Waals surface area contributed by atoms with Gasteiger partial charge in [0.1, 0.15) is 0 Å². The van der Waals surface area contributed by atoms with Gasteiger partial charge in [-0.25, -0.2) is 0 Å². The van der Waals surface area contributed by atoms with Crippen LogP contribution in [0.25, 0.3) is 0 Å². The third-order valence-electron chi connectivity index (χ3n) is 1.59. The molecular weight excluding hydrogens is 172 g/mol. The van der Waals surface area contributed by atoms with Crippen molar-refractivity contribution in [2.24, 2.45) is 0 Å². The average molecular weight is 188 g/mol. The molecule has 5 heteroatoms. The molecule has 2 amide bonds. The Hall–Kier alpha value is -1.10. The van der Waals surface area contributed by atoms with Crippen molar-refractivity contribution >= 4 is 11.8 Å². The Morgan fingerprint density at radius 3 is 2.31 bits per heavy atom. The van der Waals surface area contributed by atoms with Gasteiger partial charge >= 0.3 is 11.8 Å². The number of rotatable bonds is 4. The van der Waals surface area contributed by atoms with E-state index in [0.29, 0.717) is 13.0 Å². The number of nitrogens with one attached hydrogen (secondary N) is 2. The van der Waals surface area contributed by atoms with Crippen molar-refractivity contribution in [3.63, 3.8) is 0 Å². The van der Waals surface area contributed by atoms with Gasteiger partial charge in [-0.3, -0.25) is 9.59 Å². The molecule has 76 valence electrons. The summed E-state index contributed by atoms with van der Waals surface area (Å²) in [5.41, 5.74) is 0. The van der Waals surface area contributed by atoms with Gasteiger partial charge in [0.05, 0.1) is 12.6 Å². The molecule has 0 spiro atoms. The Kier molecular flexibility index (Phi) is 5.88. The van der Waals surface area contributed by atoms with E-state index in [4.69, 9.17) is 5.11 Å². The van der Waals surface area contributed by atoms with Crippen molar-refractivity contribution in [1.29, 1.82) is 0 Å². The van der Waals surface area contributed by atoms with E-state index >= 15 is 0 Å². The first kappa shape index (κ1) is 11.9. The van der Waals surface area contributed by atoms with Gasteiger partial charge in [-0.2, -0.15) is 0 Å². The molecule has 0 aromatic heterocycles. The van der Waals surface area contributed by atoms with Crippen LogP contribution in [0.4, 0.5) is 0 Å². The second kappa shape index (κ2) is 6.42. The highest BCUT2D eigenvalue weighted by atomic mass is 16.3. The Bertz CT molecular complexity index is 178. The molecule has 0 saturated heterocycles. The Morgan fingerprint density at radius 1 is 1.31 bits per heavy atom. The lowest BCUT2D eigenvalue weighted by atomic mass is 10.2. The maximum Gasteiger partial charge on any atom is 0.309 e. The molecule has 0 unspecified atom stereocenters. The van der Waals surface area contributed by atoms with E-state index < -0.39 is 11.8 Å². The average Bonchev–Trinajstić information content (AvgIpc) is 2.14. The molecule has 0 saturated carbocycles. The van der Waals surface area contributed by atoms with Crippen molar-refractivity contribution in [1.82, 2.24) is 10.6 Å². The summed E-state index contributed by atoms with van der Waals surface area (Å²) in [6.45, 7) is 3.82. The minimum absolute atomic E-state index is 0.151. The lowest BCUT2D eigenvalue weighted by molar-refractivity contribution is -0.139. The number of likely N-dealkylation sites (N-methyl/N-ethyl adjacent to an activating group) is 1. The zero-order valence-electron chi connectivity index (χ0n) is 7.96. The standard InChI is InChI=1S/C8H16N2O3/c1-3-6(5-11)10-8(13)7(12)9-4-2/h6,11H,3-5H2,1-2H3,(H,9,12)(H,10,13)/t6-/m0/s1. The van der Waals surface area contributed by atoms with Gasteiger partial charge in [0, 0.05) is 6.54 Å². The fourth-order valence-electron chi connectivity index (χ4n) is 0.769. The third-order valence-corrected chi connectivity index (χ3v) is 1.59. The van der Waals surface area contributed by atoms with Crippen molar-refractivity contribution < 1.29 is 14.7 Å². The smallest absolute Gasteiger partial charge is 0.309 e. The number of aliphatic hydroxyl groups is 1. The second-order valence-electron chi connectivity index (χ2n) is 2.62. The van der Waals surface area contributed by atoms with Gasteiger partial charge in [0.15, 0.2) is 0 Å². The predicted octanol–water partition coefficient (Wildman–Crippen LogP) is -0.990. The highest BCUT2D eigenvalue weighted by Gasteiger charge is 2.15. The van der Waals surface area contributed by atoms with E-state index in [1.807, 2.05) is 6.92 Å². The van der Waals surface area contributed by atoms with E-state index in [2.05, 4.69) is 10.6 Å². The van der Waals surface area contributed by atoms with Crippen LogP contribution in [0.2, 0.25) is 0 Å². The van der Waals surface area contributed by atoms with Crippen LogP contribution in [0.1, 0.15) is 20.3 Å². The van der Waals surface area contributed by atoms with Crippen molar-refractivity contribution in [3.8, 4) is 0 Å². The zero-order chi connectivity index (χ0) is 10.3. The van der Waals surface area contributed by atoms with Crippen LogP contribution in [0.15, 0.2) is 0 Å². The summed E-state index contributed by atoms with van der Waals surface area (Å²) in [4.78, 5) is 21.9. The lowest BCUT2D eigenvalue weighted by Gasteiger charge is -2.12. The SMILES string of the molecule is CCNC(=O)C(=O)N[C@@H](CC)CO. The molecule has 0 aromatic rings. The number of aliphatic hydroxyl groups excluding tert-OH is 1. The highest BCUT2D eigenvalue weighted by Crippen LogP contribution is 1.87. The Balaban J connectivity index is 3.90. The van der Waals surface area contributed by atoms with E-state index in [1.54, 1.807) is 6.92 Å². The van der Waals surface area contributed by atoms with E-state index in [9.17, 15) is 9.59 Å². The van der Waals surface area contributed by atoms with Crippen LogP contribution in [0.3, 0.4) is 0 Å². The molecule has 0 heterocycles. The molecule has 1 atom stereocenters. The van der Waals surface area contributed by atoms with Gasteiger partial charge in [-0.05, 0) is 13.3 Å². The molecule has 0 rings (SSSR count). The summed E-state index contributed by atoms with van der Waals surface area (Å²) in [6, 6.07) is -0.338. The van der Waals surface area contributed by atoms with E-state index in [-0.39, 0.29) is 12.6 Å². The minimum atomic E-state index is -0.692. The number of hydrogen-bond donors (Lipinski definition) is 3. The molecular formula is C8H16N2O3. The monoisotopic (exact) mass is 188 g/mol. The molecule has 0 aromatic carbocycles. The number of carbonyl (C=O) groups is 2. The third kappa shape index (κ3) is 4.47. The first-order valence-corrected chi connectivity index (χ1v) is 4.35. The van der Waals surface area contributed by atoms with Gasteiger partial charge in [-0.15, -0.1) is 0 Å². The molecule has 5 nitrogen and oxygen atoms in total. The maximum absolute atomic E-state index is 11.0. The normalized spacial score (nSPS) is 11.9. The van der Waals surface area contributed by atoms with Gasteiger partial charge in [0.2, 0.25) is 0 Å². The summed E-state index contributed by atoms with van der Waals surface area (Å²) in [5, 5.41) is 13.5. The van der Waals surface area contributed by atoms with Crippen LogP contribution in [-0.2, 0) is 9.59 Å². The number of amides is 2. The van der Waals surface area contributed by atoms with Crippen molar-refractivity contribution in [3.05, 3.63) is 0 Å². The summed E-state index contributed by atoms with van der Waals surface area (Å²) < 4.78 is 0. The minimum Gasteiger partial charge on any atom is -0.394 e. The number of hydrogen-bond acceptors (Lipinski definition) is 3. The molecule has 13 heavy (non-hydrogen) atoms. The molecule has 0 aliphatic heterocycles. The first-order valence-electron chi connectivity index (χ1n) is 4.35. The van der Waals surface area contributed by atoms with Crippen molar-refractivity contribution in [2.45, 2.75) is 26.3 Å². The fraction of sp³-hybridized carbons (Fsp3) is 0.750. The Labute approximate surface area is 77.5 Å². The van der Waals surface area contributed by atoms with E-state index in [0.717, 1.165) is 0 Å². The topological polar surface area (TPSA) is 78.4 Å². The van der Waals surface area contributed by atoms with Crippen LogP contribution >= 0.6 is 0 Å². The maximum atomic E-state index is 11.0. The predicted molar refractivity (Wildman–Crippen MR) is 48.0 cm³/mol. The summed E-state index contributed by atoms with van der Waals surface area (Å²) >= 11 is 0.